The van der Waals surface area contributed by atoms with E-state index in [2.05, 4.69) is 10.6 Å². The highest BCUT2D eigenvalue weighted by atomic mass is 16.5. The van der Waals surface area contributed by atoms with Crippen LogP contribution in [0.25, 0.3) is 11.1 Å². The van der Waals surface area contributed by atoms with Gasteiger partial charge in [-0.2, -0.15) is 0 Å². The number of fused-ring (bicyclic) bond motifs is 3. The number of ether oxygens (including phenoxy) is 1. The van der Waals surface area contributed by atoms with E-state index in [1.165, 1.54) is 6.92 Å². The van der Waals surface area contributed by atoms with Crippen molar-refractivity contribution < 1.29 is 34.4 Å². The molecule has 9 heteroatoms. The van der Waals surface area contributed by atoms with Crippen LogP contribution in [-0.4, -0.2) is 64.7 Å². The van der Waals surface area contributed by atoms with Crippen molar-refractivity contribution in [2.24, 2.45) is 0 Å². The smallest absolute Gasteiger partial charge is 0.407 e. The number of hydrogen-bond donors (Lipinski definition) is 5. The van der Waals surface area contributed by atoms with Gasteiger partial charge >= 0.3 is 12.1 Å². The summed E-state index contributed by atoms with van der Waals surface area (Å²) in [6, 6.07) is 13.4. The summed E-state index contributed by atoms with van der Waals surface area (Å²) in [6.45, 7) is 0.885. The molecule has 0 aromatic heterocycles. The molecule has 0 fully saturated rings. The maximum Gasteiger partial charge on any atom is 0.407 e. The minimum Gasteiger partial charge on any atom is -0.481 e. The fraction of sp³-hybridized carbons (Fsp3) is 0.348. The Hall–Kier alpha value is -3.43. The SMILES string of the molecule is CC(NC(=O)C(CC(=O)O)NC(=O)OCC1c2ccccc2-c2ccccc21)C(O)CO. The Kier molecular flexibility index (Phi) is 7.45. The van der Waals surface area contributed by atoms with E-state index in [4.69, 9.17) is 14.9 Å². The molecule has 1 aliphatic carbocycles. The first-order valence-electron chi connectivity index (χ1n) is 10.2. The van der Waals surface area contributed by atoms with E-state index in [1.807, 2.05) is 48.5 Å². The first kappa shape index (κ1) is 23.2. The lowest BCUT2D eigenvalue weighted by atomic mass is 9.98. The summed E-state index contributed by atoms with van der Waals surface area (Å²) in [5.41, 5.74) is 4.18. The topological polar surface area (TPSA) is 145 Å². The fourth-order valence-electron chi connectivity index (χ4n) is 3.75. The average molecular weight is 442 g/mol. The lowest BCUT2D eigenvalue weighted by Crippen LogP contribution is -2.53. The number of benzene rings is 2. The van der Waals surface area contributed by atoms with E-state index < -0.39 is 49.2 Å². The molecule has 9 nitrogen and oxygen atoms in total. The van der Waals surface area contributed by atoms with E-state index in [-0.39, 0.29) is 12.5 Å². The Morgan fingerprint density at radius 2 is 1.56 bits per heavy atom. The van der Waals surface area contributed by atoms with Crippen LogP contribution in [0.1, 0.15) is 30.4 Å². The number of amides is 2. The third kappa shape index (κ3) is 5.24. The van der Waals surface area contributed by atoms with E-state index in [1.54, 1.807) is 0 Å². The van der Waals surface area contributed by atoms with E-state index in [0.717, 1.165) is 22.3 Å². The minimum atomic E-state index is -1.41. The Labute approximate surface area is 185 Å². The van der Waals surface area contributed by atoms with Gasteiger partial charge in [0, 0.05) is 5.92 Å². The molecule has 32 heavy (non-hydrogen) atoms. The van der Waals surface area contributed by atoms with Gasteiger partial charge in [-0.3, -0.25) is 9.59 Å². The fourth-order valence-corrected chi connectivity index (χ4v) is 3.75. The molecule has 170 valence electrons. The molecule has 0 heterocycles. The second-order valence-electron chi connectivity index (χ2n) is 7.67. The summed E-state index contributed by atoms with van der Waals surface area (Å²) in [7, 11) is 0. The van der Waals surface area contributed by atoms with Crippen LogP contribution in [0, 0.1) is 0 Å². The Bertz CT molecular complexity index is 948. The van der Waals surface area contributed by atoms with Gasteiger partial charge < -0.3 is 30.7 Å². The van der Waals surface area contributed by atoms with Crippen LogP contribution in [0.15, 0.2) is 48.5 Å². The van der Waals surface area contributed by atoms with Crippen LogP contribution in [-0.2, 0) is 14.3 Å². The number of carboxylic acid groups (broad SMARTS) is 1. The Morgan fingerprint density at radius 3 is 2.09 bits per heavy atom. The predicted molar refractivity (Wildman–Crippen MR) is 115 cm³/mol. The first-order chi connectivity index (χ1) is 15.3. The lowest BCUT2D eigenvalue weighted by Gasteiger charge is -2.23. The van der Waals surface area contributed by atoms with Crippen molar-refractivity contribution in [3.63, 3.8) is 0 Å². The molecule has 2 amide bonds. The summed E-state index contributed by atoms with van der Waals surface area (Å²) in [5, 5.41) is 32.3. The maximum absolute atomic E-state index is 12.4. The standard InChI is InChI=1S/C23H26N2O7/c1-13(20(27)11-26)24-22(30)19(10-21(28)29)25-23(31)32-12-18-16-8-4-2-6-14(16)15-7-3-5-9-17(15)18/h2-9,13,18-20,26-27H,10-12H2,1H3,(H,24,30)(H,25,31)(H,28,29). The quantitative estimate of drug-likeness (QED) is 0.393. The molecule has 3 unspecified atom stereocenters. The van der Waals surface area contributed by atoms with Crippen molar-refractivity contribution in [3.8, 4) is 11.1 Å². The molecule has 5 N–H and O–H groups in total. The monoisotopic (exact) mass is 442 g/mol. The number of hydrogen-bond acceptors (Lipinski definition) is 6. The van der Waals surface area contributed by atoms with Crippen molar-refractivity contribution in [2.45, 2.75) is 37.5 Å². The van der Waals surface area contributed by atoms with Gasteiger partial charge in [-0.25, -0.2) is 4.79 Å². The van der Waals surface area contributed by atoms with Crippen LogP contribution >= 0.6 is 0 Å². The molecule has 2 aromatic rings. The Morgan fingerprint density at radius 1 is 1.00 bits per heavy atom. The van der Waals surface area contributed by atoms with Crippen molar-refractivity contribution in [2.75, 3.05) is 13.2 Å². The molecule has 0 aliphatic heterocycles. The molecule has 0 saturated carbocycles. The number of aliphatic carboxylic acids is 1. The first-order valence-corrected chi connectivity index (χ1v) is 10.2. The predicted octanol–water partition coefficient (Wildman–Crippen LogP) is 1.23. The summed E-state index contributed by atoms with van der Waals surface area (Å²) < 4.78 is 5.36. The number of carbonyl (C=O) groups is 3. The van der Waals surface area contributed by atoms with E-state index in [0.29, 0.717) is 0 Å². The zero-order chi connectivity index (χ0) is 23.3. The van der Waals surface area contributed by atoms with Gasteiger partial charge in [0.2, 0.25) is 5.91 Å². The zero-order valence-corrected chi connectivity index (χ0v) is 17.5. The highest BCUT2D eigenvalue weighted by Crippen LogP contribution is 2.44. The molecule has 0 bridgehead atoms. The van der Waals surface area contributed by atoms with Gasteiger partial charge in [0.1, 0.15) is 12.6 Å². The number of carboxylic acids is 1. The van der Waals surface area contributed by atoms with Crippen molar-refractivity contribution in [3.05, 3.63) is 59.7 Å². The van der Waals surface area contributed by atoms with Gasteiger partial charge in [-0.05, 0) is 29.2 Å². The summed E-state index contributed by atoms with van der Waals surface area (Å²) in [4.78, 5) is 35.9. The number of carbonyl (C=O) groups excluding carboxylic acids is 2. The molecule has 0 radical (unpaired) electrons. The Balaban J connectivity index is 1.65. The highest BCUT2D eigenvalue weighted by molar-refractivity contribution is 5.89. The normalized spacial score (nSPS) is 15.1. The molecular weight excluding hydrogens is 416 g/mol. The molecular formula is C23H26N2O7. The van der Waals surface area contributed by atoms with Crippen molar-refractivity contribution in [1.82, 2.24) is 10.6 Å². The highest BCUT2D eigenvalue weighted by Gasteiger charge is 2.31. The molecule has 0 spiro atoms. The number of alkyl carbamates (subject to hydrolysis) is 1. The van der Waals surface area contributed by atoms with Gasteiger partial charge in [-0.15, -0.1) is 0 Å². The molecule has 0 saturated heterocycles. The van der Waals surface area contributed by atoms with Crippen molar-refractivity contribution in [1.29, 1.82) is 0 Å². The van der Waals surface area contributed by atoms with Crippen molar-refractivity contribution >= 4 is 18.0 Å². The molecule has 3 rings (SSSR count). The van der Waals surface area contributed by atoms with Gasteiger partial charge in [-0.1, -0.05) is 48.5 Å². The third-order valence-electron chi connectivity index (χ3n) is 5.47. The molecule has 2 aromatic carbocycles. The van der Waals surface area contributed by atoms with Gasteiger partial charge in [0.25, 0.3) is 0 Å². The maximum atomic E-state index is 12.4. The number of aliphatic hydroxyl groups is 2. The van der Waals surface area contributed by atoms with E-state index >= 15 is 0 Å². The molecule has 3 atom stereocenters. The van der Waals surface area contributed by atoms with Gasteiger partial charge in [0.15, 0.2) is 0 Å². The van der Waals surface area contributed by atoms with Crippen LogP contribution in [0.5, 0.6) is 0 Å². The summed E-state index contributed by atoms with van der Waals surface area (Å²) >= 11 is 0. The number of rotatable bonds is 9. The average Bonchev–Trinajstić information content (AvgIpc) is 3.10. The van der Waals surface area contributed by atoms with E-state index in [9.17, 15) is 19.5 Å². The number of aliphatic hydroxyl groups excluding tert-OH is 2. The van der Waals surface area contributed by atoms with Crippen LogP contribution in [0.3, 0.4) is 0 Å². The number of nitrogens with one attached hydrogen (secondary N) is 2. The van der Waals surface area contributed by atoms with Gasteiger partial charge in [0.05, 0.1) is 25.2 Å². The zero-order valence-electron chi connectivity index (χ0n) is 17.5. The summed E-state index contributed by atoms with van der Waals surface area (Å²) in [5.74, 6) is -2.28. The second-order valence-corrected chi connectivity index (χ2v) is 7.67. The largest absolute Gasteiger partial charge is 0.481 e. The third-order valence-corrected chi connectivity index (χ3v) is 5.47. The van der Waals surface area contributed by atoms with Crippen LogP contribution < -0.4 is 10.6 Å². The van der Waals surface area contributed by atoms with Crippen LogP contribution in [0.4, 0.5) is 4.79 Å². The lowest BCUT2D eigenvalue weighted by molar-refractivity contribution is -0.140. The second kappa shape index (κ2) is 10.3. The molecule has 1 aliphatic rings. The summed E-state index contributed by atoms with van der Waals surface area (Å²) in [6.07, 6.45) is -2.82. The van der Waals surface area contributed by atoms with Crippen LogP contribution in [0.2, 0.25) is 0 Å². The minimum absolute atomic E-state index is 0.0148.